The Balaban J connectivity index is 1.74. The molecular formula is C22H24N2O3. The minimum Gasteiger partial charge on any atom is -0.481 e. The van der Waals surface area contributed by atoms with Gasteiger partial charge in [-0.1, -0.05) is 37.3 Å². The summed E-state index contributed by atoms with van der Waals surface area (Å²) in [6.45, 7) is 2.24. The molecule has 140 valence electrons. The van der Waals surface area contributed by atoms with Crippen LogP contribution in [0.15, 0.2) is 54.6 Å². The molecule has 1 aromatic heterocycles. The number of anilines is 1. The minimum absolute atomic E-state index is 0.319. The number of unbranched alkanes of at least 4 members (excludes halogenated alkanes) is 1. The molecule has 27 heavy (non-hydrogen) atoms. The van der Waals surface area contributed by atoms with Gasteiger partial charge in [0.1, 0.15) is 0 Å². The summed E-state index contributed by atoms with van der Waals surface area (Å²) in [6.07, 6.45) is 2.26. The van der Waals surface area contributed by atoms with E-state index in [1.165, 1.54) is 0 Å². The molecule has 0 spiro atoms. The van der Waals surface area contributed by atoms with Crippen molar-refractivity contribution < 1.29 is 14.6 Å². The summed E-state index contributed by atoms with van der Waals surface area (Å²) < 4.78 is 5.86. The fourth-order valence-electron chi connectivity index (χ4n) is 2.98. The van der Waals surface area contributed by atoms with Gasteiger partial charge in [-0.2, -0.15) is 0 Å². The van der Waals surface area contributed by atoms with Crippen molar-refractivity contribution in [3.8, 4) is 17.0 Å². The summed E-state index contributed by atoms with van der Waals surface area (Å²) in [6, 6.07) is 17.7. The number of benzene rings is 2. The van der Waals surface area contributed by atoms with Gasteiger partial charge in [0.15, 0.2) is 0 Å². The quantitative estimate of drug-likeness (QED) is 0.445. The van der Waals surface area contributed by atoms with E-state index in [9.17, 15) is 4.79 Å². The Morgan fingerprint density at radius 2 is 1.89 bits per heavy atom. The van der Waals surface area contributed by atoms with Crippen LogP contribution in [0, 0.1) is 5.92 Å². The minimum atomic E-state index is -0.750. The van der Waals surface area contributed by atoms with Gasteiger partial charge in [0, 0.05) is 17.1 Å². The van der Waals surface area contributed by atoms with Crippen molar-refractivity contribution in [2.75, 3.05) is 12.3 Å². The number of carbonyl (C=O) groups is 1. The van der Waals surface area contributed by atoms with Gasteiger partial charge in [0.05, 0.1) is 18.0 Å². The van der Waals surface area contributed by atoms with Crippen molar-refractivity contribution in [2.24, 2.45) is 5.92 Å². The zero-order chi connectivity index (χ0) is 19.2. The first kappa shape index (κ1) is 18.7. The van der Waals surface area contributed by atoms with Gasteiger partial charge in [-0.25, -0.2) is 4.98 Å². The van der Waals surface area contributed by atoms with Crippen molar-refractivity contribution in [1.82, 2.24) is 4.98 Å². The Labute approximate surface area is 158 Å². The number of para-hydroxylation sites is 1. The third-order valence-corrected chi connectivity index (χ3v) is 4.62. The molecule has 5 heteroatoms. The number of pyridine rings is 1. The van der Waals surface area contributed by atoms with Crippen LogP contribution in [0.25, 0.3) is 22.0 Å². The van der Waals surface area contributed by atoms with Crippen LogP contribution in [0.3, 0.4) is 0 Å². The van der Waals surface area contributed by atoms with E-state index in [0.717, 1.165) is 40.6 Å². The number of aliphatic carboxylic acids is 1. The number of carboxylic acids is 1. The van der Waals surface area contributed by atoms with Crippen LogP contribution in [0.1, 0.15) is 26.2 Å². The molecule has 0 saturated heterocycles. The van der Waals surface area contributed by atoms with Crippen LogP contribution in [0.5, 0.6) is 5.88 Å². The molecule has 0 bridgehead atoms. The highest BCUT2D eigenvalue weighted by Crippen LogP contribution is 2.31. The van der Waals surface area contributed by atoms with Gasteiger partial charge in [-0.05, 0) is 48.6 Å². The van der Waals surface area contributed by atoms with E-state index in [1.54, 1.807) is 6.92 Å². The molecular weight excluding hydrogens is 340 g/mol. The summed E-state index contributed by atoms with van der Waals surface area (Å²) in [7, 11) is 0. The highest BCUT2D eigenvalue weighted by molar-refractivity contribution is 5.95. The Morgan fingerprint density at radius 3 is 2.63 bits per heavy atom. The normalized spacial score (nSPS) is 12.0. The Bertz CT molecular complexity index is 922. The number of aromatic nitrogens is 1. The Kier molecular flexibility index (Phi) is 5.91. The first-order chi connectivity index (χ1) is 13.0. The number of hydrogen-bond acceptors (Lipinski definition) is 4. The predicted molar refractivity (Wildman–Crippen MR) is 108 cm³/mol. The number of nitrogens with zero attached hydrogens (tertiary/aromatic N) is 1. The average molecular weight is 364 g/mol. The fourth-order valence-corrected chi connectivity index (χ4v) is 2.98. The molecule has 1 atom stereocenters. The number of rotatable bonds is 8. The number of nitrogens with two attached hydrogens (primary N) is 1. The van der Waals surface area contributed by atoms with E-state index in [-0.39, 0.29) is 5.92 Å². The van der Waals surface area contributed by atoms with E-state index in [4.69, 9.17) is 15.6 Å². The first-order valence-corrected chi connectivity index (χ1v) is 9.16. The van der Waals surface area contributed by atoms with Crippen molar-refractivity contribution in [2.45, 2.75) is 26.2 Å². The van der Waals surface area contributed by atoms with E-state index in [0.29, 0.717) is 18.9 Å². The molecule has 2 aromatic carbocycles. The molecule has 3 aromatic rings. The number of carboxylic acid groups (broad SMARTS) is 1. The molecule has 0 aliphatic carbocycles. The smallest absolute Gasteiger partial charge is 0.306 e. The molecule has 0 radical (unpaired) electrons. The van der Waals surface area contributed by atoms with Gasteiger partial charge in [-0.15, -0.1) is 0 Å². The Hall–Kier alpha value is -3.08. The monoisotopic (exact) mass is 364 g/mol. The maximum atomic E-state index is 10.9. The second-order valence-corrected chi connectivity index (χ2v) is 6.73. The third kappa shape index (κ3) is 4.76. The van der Waals surface area contributed by atoms with Crippen LogP contribution >= 0.6 is 0 Å². The lowest BCUT2D eigenvalue weighted by Gasteiger charge is -2.12. The molecule has 0 aliphatic heterocycles. The molecule has 1 unspecified atom stereocenters. The number of ether oxygens (including phenoxy) is 1. The second-order valence-electron chi connectivity index (χ2n) is 6.73. The summed E-state index contributed by atoms with van der Waals surface area (Å²) in [4.78, 5) is 15.5. The maximum Gasteiger partial charge on any atom is 0.306 e. The molecule has 0 fully saturated rings. The standard InChI is InChI=1S/C22H24N2O3/c1-15(22(25)26)6-4-5-13-27-21-14-19(16-9-11-17(23)12-10-16)18-7-2-3-8-20(18)24-21/h2-3,7-12,14-15H,4-6,13,23H2,1H3,(H,25,26). The Morgan fingerprint density at radius 1 is 1.15 bits per heavy atom. The van der Waals surface area contributed by atoms with Crippen molar-refractivity contribution in [3.05, 3.63) is 54.6 Å². The summed E-state index contributed by atoms with van der Waals surface area (Å²) in [5.41, 5.74) is 9.52. The van der Waals surface area contributed by atoms with Crippen LogP contribution in [0.2, 0.25) is 0 Å². The first-order valence-electron chi connectivity index (χ1n) is 9.16. The van der Waals surface area contributed by atoms with Crippen molar-refractivity contribution in [3.63, 3.8) is 0 Å². The molecule has 0 saturated carbocycles. The molecule has 5 nitrogen and oxygen atoms in total. The van der Waals surface area contributed by atoms with E-state index in [2.05, 4.69) is 4.98 Å². The lowest BCUT2D eigenvalue weighted by Crippen LogP contribution is -2.09. The number of fused-ring (bicyclic) bond motifs is 1. The molecule has 3 N–H and O–H groups in total. The highest BCUT2D eigenvalue weighted by Gasteiger charge is 2.11. The summed E-state index contributed by atoms with van der Waals surface area (Å²) in [5, 5.41) is 9.98. The second kappa shape index (κ2) is 8.54. The zero-order valence-electron chi connectivity index (χ0n) is 15.4. The van der Waals surface area contributed by atoms with E-state index < -0.39 is 5.97 Å². The molecule has 0 aliphatic rings. The van der Waals surface area contributed by atoms with Crippen LogP contribution in [-0.2, 0) is 4.79 Å². The van der Waals surface area contributed by atoms with Gasteiger partial charge >= 0.3 is 5.97 Å². The molecule has 0 amide bonds. The summed E-state index contributed by atoms with van der Waals surface area (Å²) in [5.74, 6) is -0.493. The predicted octanol–water partition coefficient (Wildman–Crippen LogP) is 4.75. The molecule has 3 rings (SSSR count). The number of hydrogen-bond donors (Lipinski definition) is 2. The van der Waals surface area contributed by atoms with Gasteiger partial charge in [-0.3, -0.25) is 4.79 Å². The van der Waals surface area contributed by atoms with Crippen molar-refractivity contribution in [1.29, 1.82) is 0 Å². The lowest BCUT2D eigenvalue weighted by molar-refractivity contribution is -0.141. The van der Waals surface area contributed by atoms with Crippen LogP contribution in [0.4, 0.5) is 5.69 Å². The zero-order valence-corrected chi connectivity index (χ0v) is 15.4. The third-order valence-electron chi connectivity index (χ3n) is 4.62. The van der Waals surface area contributed by atoms with Gasteiger partial charge < -0.3 is 15.6 Å². The van der Waals surface area contributed by atoms with E-state index >= 15 is 0 Å². The molecule has 1 heterocycles. The average Bonchev–Trinajstić information content (AvgIpc) is 2.67. The van der Waals surface area contributed by atoms with Gasteiger partial charge in [0.2, 0.25) is 5.88 Å². The summed E-state index contributed by atoms with van der Waals surface area (Å²) >= 11 is 0. The maximum absolute atomic E-state index is 10.9. The fraction of sp³-hybridized carbons (Fsp3) is 0.273. The van der Waals surface area contributed by atoms with Crippen LogP contribution in [-0.4, -0.2) is 22.7 Å². The van der Waals surface area contributed by atoms with E-state index in [1.807, 2.05) is 54.6 Å². The highest BCUT2D eigenvalue weighted by atomic mass is 16.5. The number of nitrogen functional groups attached to an aromatic ring is 1. The topological polar surface area (TPSA) is 85.4 Å². The van der Waals surface area contributed by atoms with Crippen molar-refractivity contribution >= 4 is 22.6 Å². The SMILES string of the molecule is CC(CCCCOc1cc(-c2ccc(N)cc2)c2ccccc2n1)C(=O)O. The lowest BCUT2D eigenvalue weighted by atomic mass is 10.0. The largest absolute Gasteiger partial charge is 0.481 e. The van der Waals surface area contributed by atoms with Crippen LogP contribution < -0.4 is 10.5 Å². The van der Waals surface area contributed by atoms with Gasteiger partial charge in [0.25, 0.3) is 0 Å².